The molecule has 1 heterocycles. The van der Waals surface area contributed by atoms with E-state index in [2.05, 4.69) is 202 Å². The van der Waals surface area contributed by atoms with E-state index < -0.39 is 0 Å². The molecule has 5 aromatic carbocycles. The normalized spacial score (nSPS) is 13.8. The van der Waals surface area contributed by atoms with Crippen LogP contribution in [0.3, 0.4) is 0 Å². The monoisotopic (exact) mass is 744 g/mol. The minimum atomic E-state index is 0.123. The van der Waals surface area contributed by atoms with Crippen LogP contribution >= 0.6 is 0 Å². The lowest BCUT2D eigenvalue weighted by molar-refractivity contribution is 0.845. The minimum Gasteiger partial charge on any atom is -0.394 e. The molecule has 286 valence electrons. The van der Waals surface area contributed by atoms with Crippen LogP contribution in [0, 0.1) is 5.92 Å². The summed E-state index contributed by atoms with van der Waals surface area (Å²) >= 11 is 0. The summed E-state index contributed by atoms with van der Waals surface area (Å²) in [5, 5.41) is 8.15. The van der Waals surface area contributed by atoms with Crippen molar-refractivity contribution < 1.29 is 0 Å². The average Bonchev–Trinajstić information content (AvgIpc) is 3.57. The summed E-state index contributed by atoms with van der Waals surface area (Å²) in [6, 6.07) is 37.7. The Bertz CT molecular complexity index is 2590. The van der Waals surface area contributed by atoms with Crippen LogP contribution in [0.1, 0.15) is 57.2 Å². The molecule has 0 amide bonds. The van der Waals surface area contributed by atoms with Gasteiger partial charge in [0.25, 0.3) is 0 Å². The molecule has 0 fully saturated rings. The van der Waals surface area contributed by atoms with E-state index in [1.807, 2.05) is 32.3 Å². The summed E-state index contributed by atoms with van der Waals surface area (Å²) in [4.78, 5) is 0. The fraction of sp³-hybridized carbons (Fsp3) is 0.164. The Balaban J connectivity index is 1.51. The molecular formula is C55H56N2. The zero-order valence-corrected chi connectivity index (χ0v) is 34.3. The first-order valence-electron chi connectivity index (χ1n) is 20.2. The Morgan fingerprint density at radius 3 is 2.23 bits per heavy atom. The second-order valence-corrected chi connectivity index (χ2v) is 14.5. The molecule has 0 bridgehead atoms. The molecule has 0 aliphatic heterocycles. The molecule has 1 N–H and O–H groups in total. The molecule has 1 aromatic heterocycles. The molecule has 2 heteroatoms. The van der Waals surface area contributed by atoms with Crippen molar-refractivity contribution in [1.29, 1.82) is 0 Å². The zero-order chi connectivity index (χ0) is 40.1. The molecule has 0 aliphatic carbocycles. The maximum Gasteiger partial charge on any atom is 0.0541 e. The van der Waals surface area contributed by atoms with Gasteiger partial charge >= 0.3 is 0 Å². The van der Waals surface area contributed by atoms with Crippen LogP contribution in [0.4, 0.5) is 0 Å². The fourth-order valence-electron chi connectivity index (χ4n) is 7.81. The van der Waals surface area contributed by atoms with E-state index in [0.717, 1.165) is 47.2 Å². The Morgan fingerprint density at radius 1 is 0.789 bits per heavy atom. The molecular weight excluding hydrogens is 689 g/mol. The highest BCUT2D eigenvalue weighted by molar-refractivity contribution is 6.13. The van der Waals surface area contributed by atoms with E-state index in [1.54, 1.807) is 0 Å². The van der Waals surface area contributed by atoms with E-state index in [0.29, 0.717) is 0 Å². The van der Waals surface area contributed by atoms with Crippen LogP contribution in [0.25, 0.3) is 61.6 Å². The number of hydrogen-bond donors (Lipinski definition) is 1. The summed E-state index contributed by atoms with van der Waals surface area (Å²) in [6.45, 7) is 16.8. The largest absolute Gasteiger partial charge is 0.394 e. The number of nitrogens with one attached hydrogen (secondary N) is 1. The second kappa shape index (κ2) is 19.5. The highest BCUT2D eigenvalue weighted by Crippen LogP contribution is 2.40. The number of para-hydroxylation sites is 1. The SMILES string of the molecule is C=CC(=C\C)/C(C)=C/C(=C\C(C)/C(C=C)=C/C=C\C)n1c2ccccc2c2cc(-c3cc(/C=C\NC)c(/C=C\CCCc4ccccc4)c4ccccc34)ccc21. The lowest BCUT2D eigenvalue weighted by atomic mass is 9.90. The number of nitrogens with zero attached hydrogens (tertiary/aromatic N) is 1. The van der Waals surface area contributed by atoms with Gasteiger partial charge in [0.2, 0.25) is 0 Å². The van der Waals surface area contributed by atoms with Gasteiger partial charge in [0.15, 0.2) is 0 Å². The summed E-state index contributed by atoms with van der Waals surface area (Å²) in [5.74, 6) is 0.123. The van der Waals surface area contributed by atoms with E-state index >= 15 is 0 Å². The Kier molecular flexibility index (Phi) is 13.8. The van der Waals surface area contributed by atoms with Crippen LogP contribution in [-0.2, 0) is 6.42 Å². The summed E-state index contributed by atoms with van der Waals surface area (Å²) < 4.78 is 2.42. The number of rotatable bonds is 16. The van der Waals surface area contributed by atoms with Gasteiger partial charge in [-0.3, -0.25) is 0 Å². The average molecular weight is 745 g/mol. The Hall–Kier alpha value is -6.38. The van der Waals surface area contributed by atoms with E-state index in [9.17, 15) is 0 Å². The van der Waals surface area contributed by atoms with Crippen molar-refractivity contribution in [3.63, 3.8) is 0 Å². The molecule has 57 heavy (non-hydrogen) atoms. The van der Waals surface area contributed by atoms with Gasteiger partial charge in [-0.15, -0.1) is 0 Å². The Morgan fingerprint density at radius 2 is 1.51 bits per heavy atom. The molecule has 6 rings (SSSR count). The van der Waals surface area contributed by atoms with Gasteiger partial charge in [0.1, 0.15) is 0 Å². The lowest BCUT2D eigenvalue weighted by Gasteiger charge is -2.16. The van der Waals surface area contributed by atoms with Gasteiger partial charge in [-0.05, 0) is 138 Å². The highest BCUT2D eigenvalue weighted by Gasteiger charge is 2.17. The van der Waals surface area contributed by atoms with Gasteiger partial charge < -0.3 is 9.88 Å². The summed E-state index contributed by atoms with van der Waals surface area (Å²) in [7, 11) is 1.95. The number of allylic oxidation sites excluding steroid dienone is 13. The van der Waals surface area contributed by atoms with Crippen LogP contribution < -0.4 is 5.32 Å². The quantitative estimate of drug-likeness (QED) is 0.0771. The number of aryl methyl sites for hydroxylation is 1. The van der Waals surface area contributed by atoms with Crippen LogP contribution in [-0.4, -0.2) is 11.6 Å². The predicted octanol–water partition coefficient (Wildman–Crippen LogP) is 15.1. The van der Waals surface area contributed by atoms with Crippen molar-refractivity contribution in [1.82, 2.24) is 9.88 Å². The first-order chi connectivity index (χ1) is 27.9. The summed E-state index contributed by atoms with van der Waals surface area (Å²) in [6.07, 6.45) is 29.1. The second-order valence-electron chi connectivity index (χ2n) is 14.5. The number of aromatic nitrogens is 1. The third-order valence-corrected chi connectivity index (χ3v) is 10.8. The van der Waals surface area contributed by atoms with E-state index in [-0.39, 0.29) is 5.92 Å². The topological polar surface area (TPSA) is 17.0 Å². The first kappa shape index (κ1) is 40.3. The molecule has 1 unspecified atom stereocenters. The lowest BCUT2D eigenvalue weighted by Crippen LogP contribution is -2.01. The van der Waals surface area contributed by atoms with Gasteiger partial charge in [0, 0.05) is 29.4 Å². The maximum absolute atomic E-state index is 4.15. The molecule has 0 saturated carbocycles. The van der Waals surface area contributed by atoms with E-state index in [4.69, 9.17) is 0 Å². The zero-order valence-electron chi connectivity index (χ0n) is 34.3. The van der Waals surface area contributed by atoms with Gasteiger partial charge in [0.05, 0.1) is 11.0 Å². The molecule has 6 aromatic rings. The predicted molar refractivity (Wildman–Crippen MR) is 253 cm³/mol. The standard InChI is InChI=1S/C55H56N2/c1-8-12-26-44(11-4)41(6)37-47(36-40(5)43(9-2)10-3)57-54-31-22-21-30-51(54)53-39-45(32-33-55(53)57)52-38-46(34-35-56-7)48(49-28-19-20-29-50(49)52)27-18-14-17-25-42-23-15-13-16-24-42/h8-13,15-16,18-24,26-39,41,56H,2,4,14,17,25H2,1,3,5-7H3/b12-8-,27-18-,35-34-,40-36+,43-10+,44-26+,47-37+. The molecule has 0 spiro atoms. The first-order valence-corrected chi connectivity index (χ1v) is 20.2. The number of benzene rings is 5. The van der Waals surface area contributed by atoms with Gasteiger partial charge in [-0.1, -0.05) is 154 Å². The third kappa shape index (κ3) is 9.20. The number of fused-ring (bicyclic) bond motifs is 4. The van der Waals surface area contributed by atoms with Crippen molar-refractivity contribution >= 4 is 50.4 Å². The summed E-state index contributed by atoms with van der Waals surface area (Å²) in [5.41, 5.74) is 13.1. The van der Waals surface area contributed by atoms with Crippen molar-refractivity contribution in [3.05, 3.63) is 211 Å². The molecule has 0 radical (unpaired) electrons. The minimum absolute atomic E-state index is 0.123. The highest BCUT2D eigenvalue weighted by atomic mass is 15.0. The smallest absolute Gasteiger partial charge is 0.0541 e. The molecule has 2 nitrogen and oxygen atoms in total. The molecule has 0 saturated heterocycles. The van der Waals surface area contributed by atoms with Crippen LogP contribution in [0.15, 0.2) is 194 Å². The van der Waals surface area contributed by atoms with Crippen LogP contribution in [0.5, 0.6) is 0 Å². The number of unbranched alkanes of at least 4 members (excludes halogenated alkanes) is 1. The fourth-order valence-corrected chi connectivity index (χ4v) is 7.81. The van der Waals surface area contributed by atoms with Crippen molar-refractivity contribution in [2.45, 2.75) is 47.0 Å². The third-order valence-electron chi connectivity index (χ3n) is 10.8. The number of hydrogen-bond acceptors (Lipinski definition) is 1. The van der Waals surface area contributed by atoms with Crippen LogP contribution in [0.2, 0.25) is 0 Å². The molecule has 1 atom stereocenters. The molecule has 0 aliphatic rings. The van der Waals surface area contributed by atoms with Crippen molar-refractivity contribution in [2.75, 3.05) is 7.05 Å². The van der Waals surface area contributed by atoms with Gasteiger partial charge in [-0.25, -0.2) is 0 Å². The van der Waals surface area contributed by atoms with Crippen molar-refractivity contribution in [2.24, 2.45) is 5.92 Å². The van der Waals surface area contributed by atoms with Gasteiger partial charge in [-0.2, -0.15) is 0 Å². The Labute approximate surface area is 340 Å². The van der Waals surface area contributed by atoms with Crippen molar-refractivity contribution in [3.8, 4) is 11.1 Å². The van der Waals surface area contributed by atoms with E-state index in [1.165, 1.54) is 54.9 Å². The maximum atomic E-state index is 4.15.